The highest BCUT2D eigenvalue weighted by atomic mass is 16.6. The van der Waals surface area contributed by atoms with Crippen LogP contribution in [-0.4, -0.2) is 29.2 Å². The molecule has 128 valence electrons. The zero-order valence-electron chi connectivity index (χ0n) is 13.4. The lowest BCUT2D eigenvalue weighted by Gasteiger charge is -2.11. The predicted octanol–water partition coefficient (Wildman–Crippen LogP) is 2.83. The number of pyridine rings is 1. The quantitative estimate of drug-likeness (QED) is 0.556. The van der Waals surface area contributed by atoms with Crippen LogP contribution in [0.4, 0.5) is 5.69 Å². The van der Waals surface area contributed by atoms with Crippen molar-refractivity contribution in [2.45, 2.75) is 0 Å². The summed E-state index contributed by atoms with van der Waals surface area (Å²) in [5.41, 5.74) is -0.0899. The Morgan fingerprint density at radius 3 is 2.52 bits per heavy atom. The summed E-state index contributed by atoms with van der Waals surface area (Å²) in [5, 5.41) is 21.9. The number of ether oxygens (including phenoxy) is 2. The summed E-state index contributed by atoms with van der Waals surface area (Å²) >= 11 is 0. The molecule has 2 N–H and O–H groups in total. The number of hydrogen-bond acceptors (Lipinski definition) is 6. The van der Waals surface area contributed by atoms with Crippen molar-refractivity contribution < 1.29 is 19.5 Å². The van der Waals surface area contributed by atoms with Gasteiger partial charge in [0, 0.05) is 23.1 Å². The van der Waals surface area contributed by atoms with Crippen LogP contribution in [0, 0.1) is 10.1 Å². The molecule has 1 heterocycles. The van der Waals surface area contributed by atoms with Gasteiger partial charge in [-0.1, -0.05) is 0 Å². The fraction of sp³-hybridized carbons (Fsp3) is 0.118. The molecule has 0 amide bonds. The van der Waals surface area contributed by atoms with Gasteiger partial charge in [0.2, 0.25) is 0 Å². The fourth-order valence-corrected chi connectivity index (χ4v) is 2.64. The highest BCUT2D eigenvalue weighted by Crippen LogP contribution is 2.38. The Labute approximate surface area is 141 Å². The van der Waals surface area contributed by atoms with E-state index in [1.807, 2.05) is 0 Å². The summed E-state index contributed by atoms with van der Waals surface area (Å²) in [6.07, 6.45) is 0. The molecule has 0 aliphatic heterocycles. The number of methoxy groups -OCH3 is 2. The van der Waals surface area contributed by atoms with Crippen LogP contribution in [0.2, 0.25) is 0 Å². The maximum absolute atomic E-state index is 12.5. The van der Waals surface area contributed by atoms with E-state index in [-0.39, 0.29) is 28.3 Å². The highest BCUT2D eigenvalue weighted by Gasteiger charge is 2.20. The van der Waals surface area contributed by atoms with Crippen LogP contribution in [0.3, 0.4) is 0 Å². The van der Waals surface area contributed by atoms with Crippen LogP contribution in [0.25, 0.3) is 22.0 Å². The van der Waals surface area contributed by atoms with Gasteiger partial charge in [-0.05, 0) is 18.2 Å². The molecule has 0 aliphatic rings. The minimum atomic E-state index is -0.566. The summed E-state index contributed by atoms with van der Waals surface area (Å²) in [4.78, 5) is 25.5. The standard InChI is InChI=1S/C17H14N2O6/c1-24-10-4-6-11-13(8-10)18-17(21)15(16(11)20)12-5-3-9(19(22)23)7-14(12)25-2/h3-8H,1-2H3,(H2,18,20,21). The fourth-order valence-electron chi connectivity index (χ4n) is 2.64. The van der Waals surface area contributed by atoms with E-state index in [1.54, 1.807) is 18.2 Å². The van der Waals surface area contributed by atoms with Gasteiger partial charge in [-0.3, -0.25) is 14.9 Å². The average molecular weight is 342 g/mol. The van der Waals surface area contributed by atoms with Crippen molar-refractivity contribution in [3.63, 3.8) is 0 Å². The number of hydrogen-bond donors (Lipinski definition) is 2. The number of aromatic nitrogens is 1. The third kappa shape index (κ3) is 2.74. The molecule has 0 bridgehead atoms. The smallest absolute Gasteiger partial charge is 0.273 e. The van der Waals surface area contributed by atoms with Crippen LogP contribution in [0.1, 0.15) is 0 Å². The number of aromatic hydroxyl groups is 1. The van der Waals surface area contributed by atoms with Crippen molar-refractivity contribution in [3.8, 4) is 28.4 Å². The first-order chi connectivity index (χ1) is 12.0. The number of H-pyrrole nitrogens is 1. The average Bonchev–Trinajstić information content (AvgIpc) is 2.61. The number of benzene rings is 2. The van der Waals surface area contributed by atoms with Gasteiger partial charge in [-0.2, -0.15) is 0 Å². The monoisotopic (exact) mass is 342 g/mol. The SMILES string of the molecule is COc1ccc2c(O)c(-c3ccc([N+](=O)[O-])cc3OC)c(=O)[nH]c2c1. The molecule has 0 unspecified atom stereocenters. The molecule has 0 aliphatic carbocycles. The number of nitrogens with one attached hydrogen (secondary N) is 1. The van der Waals surface area contributed by atoms with E-state index in [0.717, 1.165) is 0 Å². The first kappa shape index (κ1) is 16.3. The number of fused-ring (bicyclic) bond motifs is 1. The van der Waals surface area contributed by atoms with Crippen LogP contribution < -0.4 is 15.0 Å². The van der Waals surface area contributed by atoms with Crippen molar-refractivity contribution in [1.82, 2.24) is 4.98 Å². The zero-order valence-corrected chi connectivity index (χ0v) is 13.4. The van der Waals surface area contributed by atoms with Crippen LogP contribution >= 0.6 is 0 Å². The van der Waals surface area contributed by atoms with Gasteiger partial charge >= 0.3 is 0 Å². The van der Waals surface area contributed by atoms with Gasteiger partial charge in [0.1, 0.15) is 17.2 Å². The van der Waals surface area contributed by atoms with E-state index < -0.39 is 10.5 Å². The number of aromatic amines is 1. The van der Waals surface area contributed by atoms with Crippen LogP contribution in [-0.2, 0) is 0 Å². The van der Waals surface area contributed by atoms with E-state index in [1.165, 1.54) is 32.4 Å². The Kier molecular flexibility index (Phi) is 4.02. The molecule has 0 radical (unpaired) electrons. The minimum Gasteiger partial charge on any atom is -0.506 e. The predicted molar refractivity (Wildman–Crippen MR) is 91.4 cm³/mol. The van der Waals surface area contributed by atoms with E-state index in [2.05, 4.69) is 4.98 Å². The lowest BCUT2D eigenvalue weighted by molar-refractivity contribution is -0.384. The van der Waals surface area contributed by atoms with Crippen LogP contribution in [0.15, 0.2) is 41.2 Å². The Bertz CT molecular complexity index is 1040. The van der Waals surface area contributed by atoms with Crippen molar-refractivity contribution in [3.05, 3.63) is 56.9 Å². The highest BCUT2D eigenvalue weighted by molar-refractivity contribution is 5.93. The molecule has 1 aromatic heterocycles. The Hall–Kier alpha value is -3.55. The van der Waals surface area contributed by atoms with E-state index in [9.17, 15) is 20.0 Å². The molecular weight excluding hydrogens is 328 g/mol. The molecule has 0 atom stereocenters. The molecule has 8 nitrogen and oxygen atoms in total. The first-order valence-corrected chi connectivity index (χ1v) is 7.22. The van der Waals surface area contributed by atoms with Gasteiger partial charge in [-0.25, -0.2) is 0 Å². The largest absolute Gasteiger partial charge is 0.506 e. The number of nitro groups is 1. The molecule has 8 heteroatoms. The second-order valence-electron chi connectivity index (χ2n) is 5.23. The van der Waals surface area contributed by atoms with E-state index in [0.29, 0.717) is 16.7 Å². The van der Waals surface area contributed by atoms with Gasteiger partial charge in [0.25, 0.3) is 11.2 Å². The van der Waals surface area contributed by atoms with E-state index >= 15 is 0 Å². The van der Waals surface area contributed by atoms with Crippen LogP contribution in [0.5, 0.6) is 17.2 Å². The molecule has 25 heavy (non-hydrogen) atoms. The normalized spacial score (nSPS) is 10.6. The second-order valence-corrected chi connectivity index (χ2v) is 5.23. The maximum Gasteiger partial charge on any atom is 0.273 e. The van der Waals surface area contributed by atoms with Crippen molar-refractivity contribution in [2.75, 3.05) is 14.2 Å². The number of rotatable bonds is 4. The molecule has 3 aromatic rings. The molecule has 0 spiro atoms. The van der Waals surface area contributed by atoms with Crippen molar-refractivity contribution >= 4 is 16.6 Å². The summed E-state index contributed by atoms with van der Waals surface area (Å²) in [5.74, 6) is 0.402. The number of nitrogens with zero attached hydrogens (tertiary/aromatic N) is 1. The minimum absolute atomic E-state index is 0.0237. The third-order valence-electron chi connectivity index (χ3n) is 3.86. The lowest BCUT2D eigenvalue weighted by atomic mass is 10.0. The van der Waals surface area contributed by atoms with Gasteiger partial charge in [0.15, 0.2) is 0 Å². The molecular formula is C17H14N2O6. The third-order valence-corrected chi connectivity index (χ3v) is 3.86. The van der Waals surface area contributed by atoms with E-state index in [4.69, 9.17) is 9.47 Å². The Morgan fingerprint density at radius 2 is 1.88 bits per heavy atom. The Morgan fingerprint density at radius 1 is 1.12 bits per heavy atom. The van der Waals surface area contributed by atoms with Gasteiger partial charge < -0.3 is 19.6 Å². The molecule has 3 rings (SSSR count). The van der Waals surface area contributed by atoms with Crippen molar-refractivity contribution in [1.29, 1.82) is 0 Å². The first-order valence-electron chi connectivity index (χ1n) is 7.22. The Balaban J connectivity index is 2.29. The lowest BCUT2D eigenvalue weighted by Crippen LogP contribution is -2.10. The van der Waals surface area contributed by atoms with Gasteiger partial charge in [0.05, 0.1) is 36.3 Å². The number of non-ortho nitro benzene ring substituents is 1. The molecule has 2 aromatic carbocycles. The number of nitro benzene ring substituents is 1. The summed E-state index contributed by atoms with van der Waals surface area (Å²) in [6.45, 7) is 0. The summed E-state index contributed by atoms with van der Waals surface area (Å²) in [6, 6.07) is 8.67. The molecule has 0 fully saturated rings. The topological polar surface area (TPSA) is 115 Å². The molecule has 0 saturated heterocycles. The van der Waals surface area contributed by atoms with Crippen molar-refractivity contribution in [2.24, 2.45) is 0 Å². The van der Waals surface area contributed by atoms with Gasteiger partial charge in [-0.15, -0.1) is 0 Å². The second kappa shape index (κ2) is 6.16. The summed E-state index contributed by atoms with van der Waals surface area (Å²) < 4.78 is 10.3. The molecule has 0 saturated carbocycles. The summed E-state index contributed by atoms with van der Waals surface area (Å²) in [7, 11) is 2.83. The maximum atomic E-state index is 12.5. The zero-order chi connectivity index (χ0) is 18.1.